The van der Waals surface area contributed by atoms with Crippen LogP contribution < -0.4 is 0 Å². The molecule has 0 heterocycles. The van der Waals surface area contributed by atoms with Crippen LogP contribution >= 0.6 is 0 Å². The highest BCUT2D eigenvalue weighted by atomic mass is 16.5. The molecular weight excluding hydrogens is 376 g/mol. The summed E-state index contributed by atoms with van der Waals surface area (Å²) in [5, 5.41) is 10.0. The number of benzene rings is 3. The normalized spacial score (nSPS) is 23.8. The zero-order valence-corrected chi connectivity index (χ0v) is 16.7. The highest BCUT2D eigenvalue weighted by molar-refractivity contribution is 5.84. The van der Waals surface area contributed by atoms with Crippen LogP contribution in [0, 0.1) is 11.8 Å². The summed E-state index contributed by atoms with van der Waals surface area (Å²) in [5.74, 6) is -3.33. The second-order valence-electron chi connectivity index (χ2n) is 7.75. The topological polar surface area (TPSA) is 63.6 Å². The SMILES string of the molecule is C[C@H](OC(=O)[C@H]1[C@H](c2ccccc2)[C@H](C(=O)O)[C@H]1c1ccccc1)c1ccccc1. The molecule has 1 fully saturated rings. The van der Waals surface area contributed by atoms with Gasteiger partial charge in [0.25, 0.3) is 0 Å². The molecular formula is C26H24O4. The lowest BCUT2D eigenvalue weighted by Gasteiger charge is -2.49. The van der Waals surface area contributed by atoms with Crippen LogP contribution in [0.15, 0.2) is 91.0 Å². The first-order valence-electron chi connectivity index (χ1n) is 10.2. The summed E-state index contributed by atoms with van der Waals surface area (Å²) in [7, 11) is 0. The van der Waals surface area contributed by atoms with Crippen molar-refractivity contribution in [1.29, 1.82) is 0 Å². The summed E-state index contributed by atoms with van der Waals surface area (Å²) in [6.45, 7) is 1.84. The number of ether oxygens (including phenoxy) is 1. The van der Waals surface area contributed by atoms with Crippen molar-refractivity contribution in [3.63, 3.8) is 0 Å². The Bertz CT molecular complexity index is 953. The molecule has 1 saturated carbocycles. The van der Waals surface area contributed by atoms with Gasteiger partial charge in [0.2, 0.25) is 0 Å². The molecule has 3 aromatic rings. The molecule has 0 bridgehead atoms. The van der Waals surface area contributed by atoms with Crippen LogP contribution in [0.25, 0.3) is 0 Å². The molecule has 152 valence electrons. The van der Waals surface area contributed by atoms with E-state index in [9.17, 15) is 14.7 Å². The molecule has 0 aromatic heterocycles. The van der Waals surface area contributed by atoms with E-state index in [1.54, 1.807) is 0 Å². The third kappa shape index (κ3) is 3.73. The lowest BCUT2D eigenvalue weighted by molar-refractivity contribution is -0.167. The van der Waals surface area contributed by atoms with E-state index in [0.717, 1.165) is 16.7 Å². The zero-order chi connectivity index (χ0) is 21.1. The van der Waals surface area contributed by atoms with Crippen LogP contribution in [-0.2, 0) is 14.3 Å². The fourth-order valence-corrected chi connectivity index (χ4v) is 4.57. The van der Waals surface area contributed by atoms with Gasteiger partial charge in [-0.2, -0.15) is 0 Å². The molecule has 3 aromatic carbocycles. The van der Waals surface area contributed by atoms with Crippen molar-refractivity contribution in [2.24, 2.45) is 11.8 Å². The summed E-state index contributed by atoms with van der Waals surface area (Å²) < 4.78 is 5.84. The van der Waals surface area contributed by atoms with Gasteiger partial charge in [0.1, 0.15) is 6.10 Å². The monoisotopic (exact) mass is 400 g/mol. The van der Waals surface area contributed by atoms with Crippen molar-refractivity contribution in [1.82, 2.24) is 0 Å². The van der Waals surface area contributed by atoms with E-state index >= 15 is 0 Å². The van der Waals surface area contributed by atoms with Crippen LogP contribution in [0.4, 0.5) is 0 Å². The number of carbonyl (C=O) groups excluding carboxylic acids is 1. The van der Waals surface area contributed by atoms with Crippen molar-refractivity contribution < 1.29 is 19.4 Å². The van der Waals surface area contributed by atoms with E-state index < -0.39 is 35.7 Å². The maximum atomic E-state index is 13.3. The Morgan fingerprint density at radius 1 is 0.733 bits per heavy atom. The summed E-state index contributed by atoms with van der Waals surface area (Å²) in [6.07, 6.45) is -0.407. The average molecular weight is 400 g/mol. The minimum Gasteiger partial charge on any atom is -0.481 e. The number of carboxylic acids is 1. The van der Waals surface area contributed by atoms with Crippen LogP contribution in [0.1, 0.15) is 41.6 Å². The van der Waals surface area contributed by atoms with E-state index in [1.807, 2.05) is 97.9 Å². The van der Waals surface area contributed by atoms with Gasteiger partial charge < -0.3 is 9.84 Å². The Labute approximate surface area is 176 Å². The molecule has 0 aliphatic heterocycles. The largest absolute Gasteiger partial charge is 0.481 e. The average Bonchev–Trinajstić information content (AvgIpc) is 2.75. The fourth-order valence-electron chi connectivity index (χ4n) is 4.57. The lowest BCUT2D eigenvalue weighted by atomic mass is 9.52. The Balaban J connectivity index is 1.68. The molecule has 4 rings (SSSR count). The van der Waals surface area contributed by atoms with E-state index in [-0.39, 0.29) is 5.97 Å². The van der Waals surface area contributed by atoms with Crippen molar-refractivity contribution >= 4 is 11.9 Å². The summed E-state index contributed by atoms with van der Waals surface area (Å²) in [4.78, 5) is 25.5. The smallest absolute Gasteiger partial charge is 0.310 e. The second-order valence-corrected chi connectivity index (χ2v) is 7.75. The maximum absolute atomic E-state index is 13.3. The molecule has 1 aliphatic rings. The molecule has 0 amide bonds. The predicted octanol–water partition coefficient (Wildman–Crippen LogP) is 5.19. The van der Waals surface area contributed by atoms with Gasteiger partial charge in [-0.15, -0.1) is 0 Å². The highest BCUT2D eigenvalue weighted by Crippen LogP contribution is 2.58. The zero-order valence-electron chi connectivity index (χ0n) is 16.7. The van der Waals surface area contributed by atoms with Gasteiger partial charge in [0.05, 0.1) is 11.8 Å². The van der Waals surface area contributed by atoms with E-state index in [4.69, 9.17) is 4.74 Å². The van der Waals surface area contributed by atoms with Gasteiger partial charge in [0, 0.05) is 11.8 Å². The van der Waals surface area contributed by atoms with Crippen LogP contribution in [0.3, 0.4) is 0 Å². The first-order chi connectivity index (χ1) is 14.6. The van der Waals surface area contributed by atoms with E-state index in [0.29, 0.717) is 0 Å². The first kappa shape index (κ1) is 19.9. The van der Waals surface area contributed by atoms with Crippen molar-refractivity contribution in [3.8, 4) is 0 Å². The molecule has 3 atom stereocenters. The van der Waals surface area contributed by atoms with Gasteiger partial charge in [-0.1, -0.05) is 91.0 Å². The summed E-state index contributed by atoms with van der Waals surface area (Å²) in [6, 6.07) is 28.4. The minimum atomic E-state index is -0.891. The molecule has 0 radical (unpaired) electrons. The molecule has 4 nitrogen and oxygen atoms in total. The first-order valence-corrected chi connectivity index (χ1v) is 10.2. The van der Waals surface area contributed by atoms with Gasteiger partial charge >= 0.3 is 11.9 Å². The second kappa shape index (κ2) is 8.54. The van der Waals surface area contributed by atoms with Crippen molar-refractivity contribution in [2.75, 3.05) is 0 Å². The molecule has 0 saturated heterocycles. The highest BCUT2D eigenvalue weighted by Gasteiger charge is 2.59. The van der Waals surface area contributed by atoms with Crippen LogP contribution in [-0.4, -0.2) is 17.0 Å². The number of rotatable bonds is 6. The Kier molecular flexibility index (Phi) is 5.66. The Hall–Kier alpha value is -3.40. The summed E-state index contributed by atoms with van der Waals surface area (Å²) in [5.41, 5.74) is 2.62. The number of aliphatic carboxylic acids is 1. The van der Waals surface area contributed by atoms with Crippen molar-refractivity contribution in [3.05, 3.63) is 108 Å². The molecule has 1 aliphatic carbocycles. The molecule has 1 N–H and O–H groups in total. The third-order valence-electron chi connectivity index (χ3n) is 6.04. The Morgan fingerprint density at radius 3 is 1.60 bits per heavy atom. The number of carboxylic acid groups (broad SMARTS) is 1. The summed E-state index contributed by atoms with van der Waals surface area (Å²) >= 11 is 0. The van der Waals surface area contributed by atoms with E-state index in [2.05, 4.69) is 0 Å². The van der Waals surface area contributed by atoms with Gasteiger partial charge in [-0.25, -0.2) is 0 Å². The predicted molar refractivity (Wildman–Crippen MR) is 114 cm³/mol. The minimum absolute atomic E-state index is 0.355. The number of hydrogen-bond donors (Lipinski definition) is 1. The molecule has 4 heteroatoms. The number of carbonyl (C=O) groups is 2. The molecule has 30 heavy (non-hydrogen) atoms. The van der Waals surface area contributed by atoms with Crippen molar-refractivity contribution in [2.45, 2.75) is 24.9 Å². The third-order valence-corrected chi connectivity index (χ3v) is 6.04. The quantitative estimate of drug-likeness (QED) is 0.579. The van der Waals surface area contributed by atoms with Crippen LogP contribution in [0.5, 0.6) is 0 Å². The van der Waals surface area contributed by atoms with E-state index in [1.165, 1.54) is 0 Å². The number of esters is 1. The van der Waals surface area contributed by atoms with Crippen LogP contribution in [0.2, 0.25) is 0 Å². The standard InChI is InChI=1S/C26H24O4/c1-17(18-11-5-2-6-12-18)30-26(29)24-21(19-13-7-3-8-14-19)23(25(27)28)22(24)20-15-9-4-10-16-20/h2-17,21-24H,1H3,(H,27,28)/t17-,21+,22+,23-,24-/m0/s1. The van der Waals surface area contributed by atoms with Gasteiger partial charge in [0.15, 0.2) is 0 Å². The number of hydrogen-bond acceptors (Lipinski definition) is 3. The van der Waals surface area contributed by atoms with Gasteiger partial charge in [-0.05, 0) is 23.6 Å². The fraction of sp³-hybridized carbons (Fsp3) is 0.231. The molecule has 0 unspecified atom stereocenters. The van der Waals surface area contributed by atoms with Gasteiger partial charge in [-0.3, -0.25) is 9.59 Å². The lowest BCUT2D eigenvalue weighted by Crippen LogP contribution is -2.51. The Morgan fingerprint density at radius 2 is 1.17 bits per heavy atom. The maximum Gasteiger partial charge on any atom is 0.310 e. The molecule has 0 spiro atoms.